The van der Waals surface area contributed by atoms with Crippen LogP contribution in [0.1, 0.15) is 82.3 Å². The molecule has 0 N–H and O–H groups in total. The van der Waals surface area contributed by atoms with Crippen molar-refractivity contribution in [1.82, 2.24) is 19.4 Å². The molecule has 1 aliphatic carbocycles. The average Bonchev–Trinajstić information content (AvgIpc) is 3.25. The van der Waals surface area contributed by atoms with Crippen molar-refractivity contribution in [2.75, 3.05) is 19.3 Å². The molecule has 3 aliphatic rings. The number of benzene rings is 2. The third-order valence-electron chi connectivity index (χ3n) is 10.3. The van der Waals surface area contributed by atoms with Crippen LogP contribution >= 0.6 is 0 Å². The van der Waals surface area contributed by atoms with Crippen LogP contribution in [0.4, 0.5) is 0 Å². The number of sulfone groups is 1. The summed E-state index contributed by atoms with van der Waals surface area (Å²) in [5.74, 6) is 1.46. The maximum absolute atomic E-state index is 11.9. The Morgan fingerprint density at radius 2 is 1.68 bits per heavy atom. The number of aromatic nitrogens is 2. The lowest BCUT2D eigenvalue weighted by Crippen LogP contribution is -2.59. The van der Waals surface area contributed by atoms with Crippen LogP contribution in [-0.2, 0) is 16.9 Å². The Bertz CT molecular complexity index is 1470. The average molecular weight is 563 g/mol. The number of piperidine rings is 2. The van der Waals surface area contributed by atoms with Gasteiger partial charge in [-0.1, -0.05) is 19.4 Å². The monoisotopic (exact) mass is 562 g/mol. The van der Waals surface area contributed by atoms with Crippen LogP contribution in [0.3, 0.4) is 0 Å². The highest BCUT2D eigenvalue weighted by molar-refractivity contribution is 7.90. The highest BCUT2D eigenvalue weighted by atomic mass is 32.2. The molecule has 3 aromatic rings. The molecular weight excluding hydrogens is 516 g/mol. The number of aryl methyl sites for hydroxylation is 2. The lowest BCUT2D eigenvalue weighted by atomic mass is 9.81. The van der Waals surface area contributed by atoms with Gasteiger partial charge in [0.1, 0.15) is 5.82 Å². The van der Waals surface area contributed by atoms with Gasteiger partial charge in [-0.15, -0.1) is 0 Å². The van der Waals surface area contributed by atoms with Gasteiger partial charge in [-0.2, -0.15) is 0 Å². The second kappa shape index (κ2) is 10.9. The molecule has 0 amide bonds. The zero-order valence-corrected chi connectivity index (χ0v) is 25.8. The van der Waals surface area contributed by atoms with Crippen molar-refractivity contribution < 1.29 is 8.42 Å². The van der Waals surface area contributed by atoms with Crippen molar-refractivity contribution in [3.8, 4) is 11.4 Å². The molecule has 3 fully saturated rings. The molecule has 7 heteroatoms. The quantitative estimate of drug-likeness (QED) is 0.352. The number of rotatable bonds is 6. The maximum atomic E-state index is 11.9. The topological polar surface area (TPSA) is 58.4 Å². The first kappa shape index (κ1) is 27.9. The molecule has 3 atom stereocenters. The fraction of sp³-hybridized carbons (Fsp3) is 0.606. The van der Waals surface area contributed by atoms with Crippen LogP contribution in [0.2, 0.25) is 0 Å². The number of likely N-dealkylation sites (tertiary alicyclic amines) is 2. The normalized spacial score (nSPS) is 25.9. The first-order chi connectivity index (χ1) is 19.1. The summed E-state index contributed by atoms with van der Waals surface area (Å²) in [6.45, 7) is 9.45. The summed E-state index contributed by atoms with van der Waals surface area (Å²) in [7, 11) is -1.15. The largest absolute Gasteiger partial charge is 0.327 e. The molecule has 1 saturated carbocycles. The lowest BCUT2D eigenvalue weighted by Gasteiger charge is -2.53. The van der Waals surface area contributed by atoms with E-state index in [1.54, 1.807) is 12.1 Å². The van der Waals surface area contributed by atoms with E-state index in [2.05, 4.69) is 54.3 Å². The van der Waals surface area contributed by atoms with E-state index in [1.165, 1.54) is 81.8 Å². The van der Waals surface area contributed by atoms with Gasteiger partial charge >= 0.3 is 0 Å². The summed E-state index contributed by atoms with van der Waals surface area (Å²) >= 11 is 0. The van der Waals surface area contributed by atoms with E-state index in [4.69, 9.17) is 4.98 Å². The highest BCUT2D eigenvalue weighted by Gasteiger charge is 2.40. The van der Waals surface area contributed by atoms with Crippen molar-refractivity contribution in [3.63, 3.8) is 0 Å². The van der Waals surface area contributed by atoms with Crippen LogP contribution in [0, 0.1) is 6.92 Å². The minimum Gasteiger partial charge on any atom is -0.327 e. The summed E-state index contributed by atoms with van der Waals surface area (Å²) < 4.78 is 26.0. The zero-order chi connectivity index (χ0) is 28.2. The summed E-state index contributed by atoms with van der Waals surface area (Å²) in [6, 6.07) is 14.8. The molecule has 0 radical (unpaired) electrons. The summed E-state index contributed by atoms with van der Waals surface area (Å²) in [5, 5.41) is 0. The first-order valence-electron chi connectivity index (χ1n) is 15.4. The Morgan fingerprint density at radius 3 is 2.27 bits per heavy atom. The molecule has 0 bridgehead atoms. The van der Waals surface area contributed by atoms with Crippen LogP contribution in [-0.4, -0.2) is 71.3 Å². The molecule has 6 nitrogen and oxygen atoms in total. The molecule has 2 saturated heterocycles. The molecule has 0 spiro atoms. The van der Waals surface area contributed by atoms with Gasteiger partial charge in [0.25, 0.3) is 0 Å². The third-order valence-corrected chi connectivity index (χ3v) is 11.4. The second-order valence-corrected chi connectivity index (χ2v) is 14.9. The van der Waals surface area contributed by atoms with E-state index in [1.807, 2.05) is 12.1 Å². The van der Waals surface area contributed by atoms with E-state index in [0.29, 0.717) is 16.9 Å². The Balaban J connectivity index is 1.16. The molecule has 2 aliphatic heterocycles. The van der Waals surface area contributed by atoms with Crippen LogP contribution in [0.25, 0.3) is 22.4 Å². The standard InChI is InChI=1S/C33H46N4O2S/c1-6-27-21-29(19-23(3)37(27)28-8-7-9-28)36-16-14-24(15-17-36)26-18-22(2)32-31(20-26)35(4)33(34-32)25-10-12-30(13-11-25)40(5,38)39/h10-13,18,20,23-24,27-29H,6-9,14-17,19,21H2,1-5H3. The fourth-order valence-corrected chi connectivity index (χ4v) is 8.48. The van der Waals surface area contributed by atoms with Crippen molar-refractivity contribution in [1.29, 1.82) is 0 Å². The molecule has 6 rings (SSSR count). The van der Waals surface area contributed by atoms with Gasteiger partial charge in [0.15, 0.2) is 9.84 Å². The van der Waals surface area contributed by atoms with E-state index in [-0.39, 0.29) is 0 Å². The SMILES string of the molecule is CCC1CC(N2CCC(c3cc(C)c4nc(-c5ccc(S(C)(=O)=O)cc5)n(C)c4c3)CC2)CC(C)N1C1CCC1. The van der Waals surface area contributed by atoms with Gasteiger partial charge in [0.05, 0.1) is 15.9 Å². The molecule has 3 heterocycles. The van der Waals surface area contributed by atoms with Crippen LogP contribution < -0.4 is 0 Å². The van der Waals surface area contributed by atoms with Gasteiger partial charge in [0.2, 0.25) is 0 Å². The number of hydrogen-bond acceptors (Lipinski definition) is 5. The molecular formula is C33H46N4O2S. The minimum atomic E-state index is -3.22. The van der Waals surface area contributed by atoms with Crippen molar-refractivity contribution in [2.24, 2.45) is 7.05 Å². The Kier molecular flexibility index (Phi) is 7.60. The summed E-state index contributed by atoms with van der Waals surface area (Å²) in [5.41, 5.74) is 5.77. The number of imidazole rings is 1. The summed E-state index contributed by atoms with van der Waals surface area (Å²) in [6.07, 6.45) is 11.9. The van der Waals surface area contributed by atoms with Gasteiger partial charge in [-0.25, -0.2) is 13.4 Å². The Hall–Kier alpha value is -2.22. The van der Waals surface area contributed by atoms with Gasteiger partial charge in [-0.05, 0) is 119 Å². The van der Waals surface area contributed by atoms with E-state index >= 15 is 0 Å². The zero-order valence-electron chi connectivity index (χ0n) is 24.9. The second-order valence-electron chi connectivity index (χ2n) is 12.9. The molecule has 216 valence electrons. The van der Waals surface area contributed by atoms with Crippen LogP contribution in [0.15, 0.2) is 41.3 Å². The van der Waals surface area contributed by atoms with E-state index in [9.17, 15) is 8.42 Å². The summed E-state index contributed by atoms with van der Waals surface area (Å²) in [4.78, 5) is 11.0. The number of nitrogens with zero attached hydrogens (tertiary/aromatic N) is 4. The molecule has 3 unspecified atom stereocenters. The minimum absolute atomic E-state index is 0.336. The molecule has 1 aromatic heterocycles. The van der Waals surface area contributed by atoms with Crippen molar-refractivity contribution in [2.45, 2.75) is 107 Å². The smallest absolute Gasteiger partial charge is 0.175 e. The Labute approximate surface area is 240 Å². The number of fused-ring (bicyclic) bond motifs is 1. The van der Waals surface area contributed by atoms with Gasteiger partial charge in [-0.3, -0.25) is 4.90 Å². The Morgan fingerprint density at radius 1 is 0.975 bits per heavy atom. The van der Waals surface area contributed by atoms with Gasteiger partial charge in [0, 0.05) is 43.0 Å². The van der Waals surface area contributed by atoms with Crippen molar-refractivity contribution in [3.05, 3.63) is 47.5 Å². The lowest BCUT2D eigenvalue weighted by molar-refractivity contribution is -0.0295. The first-order valence-corrected chi connectivity index (χ1v) is 17.3. The van der Waals surface area contributed by atoms with E-state index < -0.39 is 9.84 Å². The van der Waals surface area contributed by atoms with E-state index in [0.717, 1.165) is 40.5 Å². The van der Waals surface area contributed by atoms with Crippen LogP contribution in [0.5, 0.6) is 0 Å². The number of hydrogen-bond donors (Lipinski definition) is 0. The third kappa shape index (κ3) is 5.14. The predicted molar refractivity (Wildman–Crippen MR) is 164 cm³/mol. The molecule has 2 aromatic carbocycles. The molecule has 40 heavy (non-hydrogen) atoms. The maximum Gasteiger partial charge on any atom is 0.175 e. The highest BCUT2D eigenvalue weighted by Crippen LogP contribution is 2.39. The fourth-order valence-electron chi connectivity index (χ4n) is 7.85. The van der Waals surface area contributed by atoms with Crippen molar-refractivity contribution >= 4 is 20.9 Å². The van der Waals surface area contributed by atoms with Gasteiger partial charge < -0.3 is 9.47 Å². The predicted octanol–water partition coefficient (Wildman–Crippen LogP) is 6.32.